The van der Waals surface area contributed by atoms with Crippen molar-refractivity contribution in [2.24, 2.45) is 0 Å². The molecule has 2 aromatic carbocycles. The maximum absolute atomic E-state index is 12.9. The number of benzene rings is 2. The highest BCUT2D eigenvalue weighted by atomic mass is 35.5. The fourth-order valence-corrected chi connectivity index (χ4v) is 4.49. The van der Waals surface area contributed by atoms with E-state index in [9.17, 15) is 17.6 Å². The molecule has 0 bridgehead atoms. The molecule has 0 aliphatic rings. The van der Waals surface area contributed by atoms with Crippen molar-refractivity contribution in [1.82, 2.24) is 9.97 Å². The molecular weight excluding hydrogens is 478 g/mol. The van der Waals surface area contributed by atoms with Crippen molar-refractivity contribution < 1.29 is 17.6 Å². The second-order valence-electron chi connectivity index (χ2n) is 6.07. The Kier molecular flexibility index (Phi) is 6.97. The molecule has 3 rings (SSSR count). The molecule has 12 heteroatoms. The van der Waals surface area contributed by atoms with E-state index in [1.807, 2.05) is 0 Å². The number of carbonyl (C=O) groups is 1. The van der Waals surface area contributed by atoms with E-state index in [2.05, 4.69) is 20.0 Å². The largest absolute Gasteiger partial charge is 0.319 e. The number of nitrogens with zero attached hydrogens (tertiary/aromatic N) is 2. The molecule has 0 aliphatic heterocycles. The molecule has 158 valence electrons. The van der Waals surface area contributed by atoms with Gasteiger partial charge in [0.05, 0.1) is 44.9 Å². The molecule has 0 saturated carbocycles. The van der Waals surface area contributed by atoms with Gasteiger partial charge in [0, 0.05) is 5.39 Å². The second kappa shape index (κ2) is 9.30. The number of rotatable bonds is 7. The van der Waals surface area contributed by atoms with Crippen LogP contribution in [0.15, 0.2) is 36.7 Å². The smallest absolute Gasteiger partial charge is 0.257 e. The average Bonchev–Trinajstić information content (AvgIpc) is 2.71. The third-order valence-electron chi connectivity index (χ3n) is 4.00. The molecule has 0 spiro atoms. The number of aromatic nitrogens is 2. The van der Waals surface area contributed by atoms with Crippen molar-refractivity contribution in [2.45, 2.75) is 6.42 Å². The summed E-state index contributed by atoms with van der Waals surface area (Å²) in [5, 5.41) is 3.22. The van der Waals surface area contributed by atoms with Crippen molar-refractivity contribution in [3.8, 4) is 0 Å². The standard InChI is InChI=1S/C18H14Cl3FN4O3S/c19-12-5-6-13(26-30(28,29)8-2-7-22)14(20)16(12)25-18(27)11-4-1-3-10-15(11)23-9-24-17(10)21/h1,3-6,9,26H,2,7-8H2,(H,25,27). The summed E-state index contributed by atoms with van der Waals surface area (Å²) in [4.78, 5) is 20.8. The van der Waals surface area contributed by atoms with Crippen LogP contribution in [0.25, 0.3) is 10.9 Å². The lowest BCUT2D eigenvalue weighted by Crippen LogP contribution is -2.18. The topological polar surface area (TPSA) is 101 Å². The van der Waals surface area contributed by atoms with Crippen molar-refractivity contribution in [3.63, 3.8) is 0 Å². The van der Waals surface area contributed by atoms with Gasteiger partial charge < -0.3 is 5.32 Å². The van der Waals surface area contributed by atoms with E-state index in [0.29, 0.717) is 10.9 Å². The van der Waals surface area contributed by atoms with Crippen LogP contribution in [0.2, 0.25) is 15.2 Å². The van der Waals surface area contributed by atoms with Gasteiger partial charge in [0.1, 0.15) is 11.5 Å². The number of amides is 1. The molecule has 1 amide bonds. The Morgan fingerprint density at radius 3 is 2.60 bits per heavy atom. The van der Waals surface area contributed by atoms with Crippen LogP contribution in [-0.4, -0.2) is 36.7 Å². The highest BCUT2D eigenvalue weighted by molar-refractivity contribution is 7.92. The highest BCUT2D eigenvalue weighted by Crippen LogP contribution is 2.37. The molecule has 0 radical (unpaired) electrons. The summed E-state index contributed by atoms with van der Waals surface area (Å²) in [6.07, 6.45) is 1.07. The van der Waals surface area contributed by atoms with Crippen LogP contribution < -0.4 is 10.0 Å². The first-order chi connectivity index (χ1) is 14.2. The van der Waals surface area contributed by atoms with E-state index in [1.165, 1.54) is 24.5 Å². The first kappa shape index (κ1) is 22.5. The minimum Gasteiger partial charge on any atom is -0.319 e. The molecule has 30 heavy (non-hydrogen) atoms. The molecule has 0 fully saturated rings. The van der Waals surface area contributed by atoms with Gasteiger partial charge in [-0.05, 0) is 30.7 Å². The molecule has 0 aliphatic carbocycles. The summed E-state index contributed by atoms with van der Waals surface area (Å²) < 4.78 is 38.7. The number of hydrogen-bond acceptors (Lipinski definition) is 5. The predicted molar refractivity (Wildman–Crippen MR) is 117 cm³/mol. The van der Waals surface area contributed by atoms with Gasteiger partial charge in [-0.15, -0.1) is 0 Å². The first-order valence-electron chi connectivity index (χ1n) is 8.48. The van der Waals surface area contributed by atoms with E-state index in [4.69, 9.17) is 34.8 Å². The summed E-state index contributed by atoms with van der Waals surface area (Å²) in [5.41, 5.74) is 0.521. The number of fused-ring (bicyclic) bond motifs is 1. The van der Waals surface area contributed by atoms with Gasteiger partial charge in [0.15, 0.2) is 0 Å². The van der Waals surface area contributed by atoms with Crippen LogP contribution in [-0.2, 0) is 10.0 Å². The fourth-order valence-electron chi connectivity index (χ4n) is 2.63. The van der Waals surface area contributed by atoms with Gasteiger partial charge in [-0.2, -0.15) is 0 Å². The maximum Gasteiger partial charge on any atom is 0.257 e. The normalized spacial score (nSPS) is 11.5. The Hall–Kier alpha value is -2.20. The van der Waals surface area contributed by atoms with Gasteiger partial charge in [0.2, 0.25) is 10.0 Å². The number of hydrogen-bond donors (Lipinski definition) is 2. The van der Waals surface area contributed by atoms with Crippen LogP contribution in [0.5, 0.6) is 0 Å². The van der Waals surface area contributed by atoms with Crippen LogP contribution in [0.3, 0.4) is 0 Å². The molecule has 3 aromatic rings. The van der Waals surface area contributed by atoms with Crippen molar-refractivity contribution in [2.75, 3.05) is 22.5 Å². The van der Waals surface area contributed by atoms with Crippen LogP contribution >= 0.6 is 34.8 Å². The van der Waals surface area contributed by atoms with E-state index < -0.39 is 28.4 Å². The molecule has 7 nitrogen and oxygen atoms in total. The van der Waals surface area contributed by atoms with Crippen LogP contribution in [0, 0.1) is 0 Å². The number of halogens is 4. The third-order valence-corrected chi connectivity index (χ3v) is 6.37. The third kappa shape index (κ3) is 4.92. The summed E-state index contributed by atoms with van der Waals surface area (Å²) in [6, 6.07) is 7.54. The second-order valence-corrected chi connectivity index (χ2v) is 9.05. The molecule has 2 N–H and O–H groups in total. The number of alkyl halides is 1. The Morgan fingerprint density at radius 1 is 1.10 bits per heavy atom. The SMILES string of the molecule is O=C(Nc1c(Cl)ccc(NS(=O)(=O)CCCF)c1Cl)c1cccc2c(Cl)ncnc12. The van der Waals surface area contributed by atoms with Crippen molar-refractivity contribution in [1.29, 1.82) is 0 Å². The van der Waals surface area contributed by atoms with Crippen molar-refractivity contribution in [3.05, 3.63) is 57.4 Å². The number of para-hydroxylation sites is 1. The zero-order valence-corrected chi connectivity index (χ0v) is 18.2. The highest BCUT2D eigenvalue weighted by Gasteiger charge is 2.20. The van der Waals surface area contributed by atoms with E-state index >= 15 is 0 Å². The van der Waals surface area contributed by atoms with Crippen LogP contribution in [0.4, 0.5) is 15.8 Å². The molecule has 0 unspecified atom stereocenters. The Labute approximate surface area is 186 Å². The minimum absolute atomic E-state index is 0.00138. The first-order valence-corrected chi connectivity index (χ1v) is 11.3. The van der Waals surface area contributed by atoms with E-state index in [1.54, 1.807) is 12.1 Å². The average molecular weight is 492 g/mol. The predicted octanol–water partition coefficient (Wildman–Crippen LogP) is 4.94. The number of sulfonamides is 1. The van der Waals surface area contributed by atoms with Gasteiger partial charge >= 0.3 is 0 Å². The van der Waals surface area contributed by atoms with Crippen LogP contribution in [0.1, 0.15) is 16.8 Å². The number of anilines is 2. The molecule has 1 heterocycles. The Bertz CT molecular complexity index is 1220. The Balaban J connectivity index is 1.94. The lowest BCUT2D eigenvalue weighted by atomic mass is 10.1. The van der Waals surface area contributed by atoms with Crippen molar-refractivity contribution >= 4 is 73.0 Å². The minimum atomic E-state index is -3.82. The van der Waals surface area contributed by atoms with Gasteiger partial charge in [-0.3, -0.25) is 13.9 Å². The Morgan fingerprint density at radius 2 is 1.87 bits per heavy atom. The molecule has 0 atom stereocenters. The maximum atomic E-state index is 12.9. The molecular formula is C18H14Cl3FN4O3S. The lowest BCUT2D eigenvalue weighted by molar-refractivity contribution is 0.102. The fraction of sp³-hybridized carbons (Fsp3) is 0.167. The zero-order chi connectivity index (χ0) is 21.9. The summed E-state index contributed by atoms with van der Waals surface area (Å²) in [5.74, 6) is -1.00. The number of carbonyl (C=O) groups excluding carboxylic acids is 1. The van der Waals surface area contributed by atoms with Gasteiger partial charge in [-0.25, -0.2) is 18.4 Å². The van der Waals surface area contributed by atoms with E-state index in [0.717, 1.165) is 0 Å². The monoisotopic (exact) mass is 490 g/mol. The van der Waals surface area contributed by atoms with Gasteiger partial charge in [-0.1, -0.05) is 40.9 Å². The summed E-state index contributed by atoms with van der Waals surface area (Å²) >= 11 is 18.5. The summed E-state index contributed by atoms with van der Waals surface area (Å²) in [6.45, 7) is -0.769. The molecule has 1 aromatic heterocycles. The quantitative estimate of drug-likeness (QED) is 0.456. The summed E-state index contributed by atoms with van der Waals surface area (Å²) in [7, 11) is -3.82. The lowest BCUT2D eigenvalue weighted by Gasteiger charge is -2.15. The zero-order valence-electron chi connectivity index (χ0n) is 15.1. The molecule has 0 saturated heterocycles. The van der Waals surface area contributed by atoms with E-state index in [-0.39, 0.29) is 38.6 Å². The van der Waals surface area contributed by atoms with Gasteiger partial charge in [0.25, 0.3) is 5.91 Å². The number of nitrogens with one attached hydrogen (secondary N) is 2.